The summed E-state index contributed by atoms with van der Waals surface area (Å²) in [6.45, 7) is 4.44. The van der Waals surface area contributed by atoms with E-state index in [4.69, 9.17) is 10.5 Å². The van der Waals surface area contributed by atoms with E-state index in [1.807, 2.05) is 35.2 Å². The number of carbonyl (C=O) groups is 2. The second-order valence-corrected chi connectivity index (χ2v) is 8.96. The molecule has 2 fully saturated rings. The van der Waals surface area contributed by atoms with Crippen LogP contribution in [0.5, 0.6) is 5.75 Å². The van der Waals surface area contributed by atoms with Gasteiger partial charge in [-0.15, -0.1) is 0 Å². The van der Waals surface area contributed by atoms with Gasteiger partial charge in [-0.25, -0.2) is 9.50 Å². The molecule has 0 spiro atoms. The molecule has 0 aliphatic carbocycles. The Labute approximate surface area is 198 Å². The molecule has 2 aromatic heterocycles. The van der Waals surface area contributed by atoms with Gasteiger partial charge in [-0.05, 0) is 69.5 Å². The van der Waals surface area contributed by atoms with Crippen molar-refractivity contribution >= 4 is 17.5 Å². The first-order valence-corrected chi connectivity index (χ1v) is 12.0. The van der Waals surface area contributed by atoms with Gasteiger partial charge in [0.15, 0.2) is 5.65 Å². The van der Waals surface area contributed by atoms with Gasteiger partial charge in [0, 0.05) is 24.8 Å². The summed E-state index contributed by atoms with van der Waals surface area (Å²) in [6.07, 6.45) is 8.34. The van der Waals surface area contributed by atoms with Gasteiger partial charge in [0.25, 0.3) is 11.8 Å². The van der Waals surface area contributed by atoms with E-state index in [1.165, 1.54) is 19.0 Å². The third-order valence-corrected chi connectivity index (χ3v) is 6.76. The Bertz CT molecular complexity index is 1190. The van der Waals surface area contributed by atoms with Crippen molar-refractivity contribution in [2.24, 2.45) is 5.73 Å². The molecule has 3 aromatic rings. The number of carbonyl (C=O) groups excluding carboxylic acids is 2. The number of nitrogens with two attached hydrogens (primary N) is 1. The highest BCUT2D eigenvalue weighted by atomic mass is 16.5. The lowest BCUT2D eigenvalue weighted by Crippen LogP contribution is -2.39. The van der Waals surface area contributed by atoms with Crippen LogP contribution in [-0.4, -0.2) is 69.0 Å². The van der Waals surface area contributed by atoms with Crippen molar-refractivity contribution in [2.75, 3.05) is 32.8 Å². The van der Waals surface area contributed by atoms with Gasteiger partial charge in [0.2, 0.25) is 0 Å². The summed E-state index contributed by atoms with van der Waals surface area (Å²) in [5, 5.41) is 4.35. The molecule has 0 bridgehead atoms. The van der Waals surface area contributed by atoms with Crippen LogP contribution < -0.4 is 10.5 Å². The number of primary amides is 1. The lowest BCUT2D eigenvalue weighted by molar-refractivity contribution is 0.0602. The number of aromatic nitrogens is 3. The summed E-state index contributed by atoms with van der Waals surface area (Å²) in [5.41, 5.74) is 7.59. The van der Waals surface area contributed by atoms with E-state index in [0.717, 1.165) is 44.6 Å². The predicted molar refractivity (Wildman–Crippen MR) is 127 cm³/mol. The standard InChI is InChI=1S/C25H30N6O3/c26-23(32)20-17-28-31-22(9-10-27-24(20)31)21-8-1-2-13-30(21)25(33)18-6-5-7-19(16-18)34-15-14-29-11-3-4-12-29/h5-7,9-10,16-17,21H,1-4,8,11-15H2,(H2,26,32). The Morgan fingerprint density at radius 3 is 2.74 bits per heavy atom. The summed E-state index contributed by atoms with van der Waals surface area (Å²) < 4.78 is 7.60. The molecule has 2 saturated heterocycles. The minimum absolute atomic E-state index is 0.0399. The number of hydrogen-bond acceptors (Lipinski definition) is 6. The molecular formula is C25H30N6O3. The van der Waals surface area contributed by atoms with E-state index in [-0.39, 0.29) is 17.5 Å². The number of rotatable bonds is 7. The largest absolute Gasteiger partial charge is 0.492 e. The molecule has 2 N–H and O–H groups in total. The van der Waals surface area contributed by atoms with E-state index in [1.54, 1.807) is 10.7 Å². The molecular weight excluding hydrogens is 432 g/mol. The highest BCUT2D eigenvalue weighted by Gasteiger charge is 2.31. The summed E-state index contributed by atoms with van der Waals surface area (Å²) in [6, 6.07) is 9.12. The first-order chi connectivity index (χ1) is 16.6. The topological polar surface area (TPSA) is 106 Å². The lowest BCUT2D eigenvalue weighted by Gasteiger charge is -2.36. The molecule has 1 atom stereocenters. The van der Waals surface area contributed by atoms with Crippen molar-refractivity contribution in [1.82, 2.24) is 24.4 Å². The second kappa shape index (κ2) is 9.80. The van der Waals surface area contributed by atoms with Crippen LogP contribution in [0.1, 0.15) is 64.6 Å². The van der Waals surface area contributed by atoms with E-state index in [0.29, 0.717) is 30.1 Å². The predicted octanol–water partition coefficient (Wildman–Crippen LogP) is 2.67. The first kappa shape index (κ1) is 22.3. The Hall–Kier alpha value is -3.46. The molecule has 1 aromatic carbocycles. The summed E-state index contributed by atoms with van der Waals surface area (Å²) >= 11 is 0. The van der Waals surface area contributed by atoms with E-state index < -0.39 is 5.91 Å². The zero-order valence-corrected chi connectivity index (χ0v) is 19.2. The average molecular weight is 463 g/mol. The average Bonchev–Trinajstić information content (AvgIpc) is 3.54. The smallest absolute Gasteiger partial charge is 0.254 e. The number of fused-ring (bicyclic) bond motifs is 1. The van der Waals surface area contributed by atoms with Gasteiger partial charge in [-0.2, -0.15) is 5.10 Å². The molecule has 0 radical (unpaired) electrons. The van der Waals surface area contributed by atoms with Crippen LogP contribution in [0.25, 0.3) is 5.65 Å². The SMILES string of the molecule is NC(=O)c1cnn2c(C3CCCCN3C(=O)c3cccc(OCCN4CCCC4)c3)ccnc12. The fraction of sp³-hybridized carbons (Fsp3) is 0.440. The highest BCUT2D eigenvalue weighted by Crippen LogP contribution is 2.33. The molecule has 9 nitrogen and oxygen atoms in total. The maximum Gasteiger partial charge on any atom is 0.254 e. The molecule has 2 aliphatic heterocycles. The maximum atomic E-state index is 13.6. The number of amides is 2. The minimum atomic E-state index is -0.572. The lowest BCUT2D eigenvalue weighted by atomic mass is 9.97. The van der Waals surface area contributed by atoms with Crippen LogP contribution >= 0.6 is 0 Å². The number of nitrogens with zero attached hydrogens (tertiary/aromatic N) is 5. The summed E-state index contributed by atoms with van der Waals surface area (Å²) in [5.74, 6) is 0.0998. The van der Waals surface area contributed by atoms with E-state index >= 15 is 0 Å². The molecule has 4 heterocycles. The van der Waals surface area contributed by atoms with Crippen molar-refractivity contribution in [3.63, 3.8) is 0 Å². The van der Waals surface area contributed by atoms with Crippen molar-refractivity contribution in [2.45, 2.75) is 38.1 Å². The monoisotopic (exact) mass is 462 g/mol. The quantitative estimate of drug-likeness (QED) is 0.579. The van der Waals surface area contributed by atoms with E-state index in [9.17, 15) is 9.59 Å². The molecule has 34 heavy (non-hydrogen) atoms. The van der Waals surface area contributed by atoms with E-state index in [2.05, 4.69) is 15.0 Å². The fourth-order valence-corrected chi connectivity index (χ4v) is 5.00. The number of benzene rings is 1. The van der Waals surface area contributed by atoms with Crippen LogP contribution in [0.2, 0.25) is 0 Å². The normalized spacial score (nSPS) is 18.9. The number of likely N-dealkylation sites (tertiary alicyclic amines) is 2. The number of piperidine rings is 1. The zero-order chi connectivity index (χ0) is 23.5. The molecule has 0 saturated carbocycles. The number of ether oxygens (including phenoxy) is 1. The third-order valence-electron chi connectivity index (χ3n) is 6.76. The van der Waals surface area contributed by atoms with Crippen molar-refractivity contribution in [1.29, 1.82) is 0 Å². The van der Waals surface area contributed by atoms with Gasteiger partial charge < -0.3 is 15.4 Å². The summed E-state index contributed by atoms with van der Waals surface area (Å²) in [4.78, 5) is 34.0. The molecule has 2 amide bonds. The third kappa shape index (κ3) is 4.48. The molecule has 9 heteroatoms. The highest BCUT2D eigenvalue weighted by molar-refractivity contribution is 5.98. The Kier molecular flexibility index (Phi) is 6.44. The van der Waals surface area contributed by atoms with Crippen molar-refractivity contribution in [3.8, 4) is 5.75 Å². The Balaban J connectivity index is 1.36. The Morgan fingerprint density at radius 1 is 1.09 bits per heavy atom. The number of hydrogen-bond donors (Lipinski definition) is 1. The van der Waals surface area contributed by atoms with Gasteiger partial charge >= 0.3 is 0 Å². The van der Waals surface area contributed by atoms with Crippen LogP contribution in [0.3, 0.4) is 0 Å². The molecule has 2 aliphatic rings. The molecule has 1 unspecified atom stereocenters. The zero-order valence-electron chi connectivity index (χ0n) is 19.2. The second-order valence-electron chi connectivity index (χ2n) is 8.96. The van der Waals surface area contributed by atoms with Gasteiger partial charge in [-0.1, -0.05) is 6.07 Å². The van der Waals surface area contributed by atoms with Crippen molar-refractivity contribution in [3.05, 3.63) is 59.5 Å². The Morgan fingerprint density at radius 2 is 1.91 bits per heavy atom. The van der Waals surface area contributed by atoms with Gasteiger partial charge in [0.05, 0.1) is 17.9 Å². The maximum absolute atomic E-state index is 13.6. The summed E-state index contributed by atoms with van der Waals surface area (Å²) in [7, 11) is 0. The van der Waals surface area contributed by atoms with Crippen molar-refractivity contribution < 1.29 is 14.3 Å². The molecule has 178 valence electrons. The van der Waals surface area contributed by atoms with Crippen LogP contribution in [0.4, 0.5) is 0 Å². The van der Waals surface area contributed by atoms with Gasteiger partial charge in [0.1, 0.15) is 17.9 Å². The first-order valence-electron chi connectivity index (χ1n) is 12.0. The van der Waals surface area contributed by atoms with Crippen LogP contribution in [0.15, 0.2) is 42.7 Å². The fourth-order valence-electron chi connectivity index (χ4n) is 5.00. The van der Waals surface area contributed by atoms with Gasteiger partial charge in [-0.3, -0.25) is 14.5 Å². The van der Waals surface area contributed by atoms with Crippen LogP contribution in [-0.2, 0) is 0 Å². The minimum Gasteiger partial charge on any atom is -0.492 e. The molecule has 5 rings (SSSR count). The van der Waals surface area contributed by atoms with Crippen LogP contribution in [0, 0.1) is 0 Å².